The van der Waals surface area contributed by atoms with E-state index < -0.39 is 5.60 Å². The number of nitrogens with zero attached hydrogens (tertiary/aromatic N) is 1. The lowest BCUT2D eigenvalue weighted by atomic mass is 9.85. The minimum absolute atomic E-state index is 0.0876. The third-order valence-corrected chi connectivity index (χ3v) is 6.14. The first-order valence-electron chi connectivity index (χ1n) is 11.4. The molecule has 6 heteroatoms. The van der Waals surface area contributed by atoms with Crippen molar-refractivity contribution in [2.45, 2.75) is 73.3 Å². The smallest absolute Gasteiger partial charge is 0.229 e. The first-order valence-corrected chi connectivity index (χ1v) is 11.4. The van der Waals surface area contributed by atoms with Crippen molar-refractivity contribution in [3.63, 3.8) is 0 Å². The summed E-state index contributed by atoms with van der Waals surface area (Å²) < 4.78 is 18.0. The van der Waals surface area contributed by atoms with E-state index in [0.717, 1.165) is 52.3 Å². The van der Waals surface area contributed by atoms with Gasteiger partial charge in [-0.3, -0.25) is 4.79 Å². The molecule has 1 amide bonds. The Bertz CT molecular complexity index is 982. The molecule has 0 fully saturated rings. The van der Waals surface area contributed by atoms with Crippen molar-refractivity contribution in [3.8, 4) is 11.5 Å². The molecule has 0 bridgehead atoms. The number of aryl methyl sites for hydroxylation is 2. The van der Waals surface area contributed by atoms with Crippen LogP contribution in [-0.2, 0) is 16.0 Å². The van der Waals surface area contributed by atoms with Gasteiger partial charge in [-0.25, -0.2) is 4.98 Å². The van der Waals surface area contributed by atoms with Crippen LogP contribution in [0.1, 0.15) is 60.2 Å². The molecule has 1 unspecified atom stereocenters. The van der Waals surface area contributed by atoms with Gasteiger partial charge in [0.1, 0.15) is 29.5 Å². The molecule has 2 aromatic rings. The molecule has 0 spiro atoms. The maximum Gasteiger partial charge on any atom is 0.229 e. The molecule has 1 atom stereocenters. The van der Waals surface area contributed by atoms with Crippen molar-refractivity contribution >= 4 is 11.7 Å². The molecule has 174 valence electrons. The number of benzene rings is 1. The lowest BCUT2D eigenvalue weighted by Gasteiger charge is -2.38. The SMILES string of the molecule is CCOCCOc1c(C)c(C)c2c(c1C)CCC(C)(CC(=O)Nc1cc(C)cc(C)n1)O2. The van der Waals surface area contributed by atoms with E-state index in [1.54, 1.807) is 0 Å². The van der Waals surface area contributed by atoms with E-state index in [0.29, 0.717) is 25.6 Å². The van der Waals surface area contributed by atoms with E-state index in [4.69, 9.17) is 14.2 Å². The van der Waals surface area contributed by atoms with Crippen LogP contribution < -0.4 is 14.8 Å². The molecule has 0 aliphatic carbocycles. The zero-order chi connectivity index (χ0) is 23.5. The van der Waals surface area contributed by atoms with Crippen molar-refractivity contribution in [1.82, 2.24) is 4.98 Å². The van der Waals surface area contributed by atoms with E-state index in [9.17, 15) is 4.79 Å². The summed E-state index contributed by atoms with van der Waals surface area (Å²) in [4.78, 5) is 17.2. The average molecular weight is 441 g/mol. The second kappa shape index (κ2) is 9.90. The van der Waals surface area contributed by atoms with Gasteiger partial charge >= 0.3 is 0 Å². The van der Waals surface area contributed by atoms with Crippen LogP contribution in [0.4, 0.5) is 5.82 Å². The molecule has 0 saturated carbocycles. The van der Waals surface area contributed by atoms with Gasteiger partial charge in [0.15, 0.2) is 0 Å². The summed E-state index contributed by atoms with van der Waals surface area (Å²) >= 11 is 0. The molecule has 0 saturated heterocycles. The van der Waals surface area contributed by atoms with Crippen molar-refractivity contribution in [1.29, 1.82) is 0 Å². The Hall–Kier alpha value is -2.60. The Morgan fingerprint density at radius 3 is 2.56 bits per heavy atom. The Morgan fingerprint density at radius 1 is 1.12 bits per heavy atom. The highest BCUT2D eigenvalue weighted by molar-refractivity contribution is 5.90. The molecule has 1 aromatic carbocycles. The van der Waals surface area contributed by atoms with Gasteiger partial charge in [-0.05, 0) is 95.7 Å². The number of nitrogens with one attached hydrogen (secondary N) is 1. The molecule has 1 aliphatic rings. The number of amides is 1. The van der Waals surface area contributed by atoms with Gasteiger partial charge in [0.25, 0.3) is 0 Å². The van der Waals surface area contributed by atoms with Gasteiger partial charge in [0.05, 0.1) is 13.0 Å². The predicted molar refractivity (Wildman–Crippen MR) is 127 cm³/mol. The van der Waals surface area contributed by atoms with Crippen molar-refractivity contribution in [3.05, 3.63) is 45.6 Å². The van der Waals surface area contributed by atoms with E-state index in [1.165, 1.54) is 5.56 Å². The highest BCUT2D eigenvalue weighted by Crippen LogP contribution is 2.44. The monoisotopic (exact) mass is 440 g/mol. The number of pyridine rings is 1. The van der Waals surface area contributed by atoms with Crippen LogP contribution >= 0.6 is 0 Å². The molecule has 1 N–H and O–H groups in total. The topological polar surface area (TPSA) is 69.7 Å². The van der Waals surface area contributed by atoms with Crippen LogP contribution in [0.2, 0.25) is 0 Å². The third-order valence-electron chi connectivity index (χ3n) is 6.14. The van der Waals surface area contributed by atoms with Gasteiger partial charge < -0.3 is 19.5 Å². The second-order valence-electron chi connectivity index (χ2n) is 9.01. The number of fused-ring (bicyclic) bond motifs is 1. The Morgan fingerprint density at radius 2 is 1.88 bits per heavy atom. The predicted octanol–water partition coefficient (Wildman–Crippen LogP) is 5.15. The number of hydrogen-bond donors (Lipinski definition) is 1. The summed E-state index contributed by atoms with van der Waals surface area (Å²) in [6, 6.07) is 3.87. The van der Waals surface area contributed by atoms with Crippen molar-refractivity contribution in [2.24, 2.45) is 0 Å². The number of carbonyl (C=O) groups is 1. The standard InChI is InChI=1S/C26H36N2O4/c1-8-30-11-12-31-24-18(4)19(5)25-21(20(24)6)9-10-26(7,32-25)15-23(29)28-22-14-16(2)13-17(3)27-22/h13-14H,8-12,15H2,1-7H3,(H,27,28,29). The number of anilines is 1. The zero-order valence-electron chi connectivity index (χ0n) is 20.5. The Labute approximate surface area is 191 Å². The van der Waals surface area contributed by atoms with E-state index in [2.05, 4.69) is 31.1 Å². The van der Waals surface area contributed by atoms with Crippen LogP contribution in [0.15, 0.2) is 12.1 Å². The largest absolute Gasteiger partial charge is 0.491 e. The summed E-state index contributed by atoms with van der Waals surface area (Å²) in [5.41, 5.74) is 5.82. The molecule has 3 rings (SSSR count). The van der Waals surface area contributed by atoms with Crippen LogP contribution in [0.5, 0.6) is 11.5 Å². The second-order valence-corrected chi connectivity index (χ2v) is 9.01. The van der Waals surface area contributed by atoms with Crippen molar-refractivity contribution in [2.75, 3.05) is 25.1 Å². The van der Waals surface area contributed by atoms with Crippen LogP contribution in [0.3, 0.4) is 0 Å². The number of rotatable bonds is 8. The number of ether oxygens (including phenoxy) is 3. The van der Waals surface area contributed by atoms with Crippen molar-refractivity contribution < 1.29 is 19.0 Å². The molecule has 2 heterocycles. The van der Waals surface area contributed by atoms with Crippen LogP contribution in [-0.4, -0.2) is 36.3 Å². The minimum Gasteiger partial charge on any atom is -0.491 e. The first-order chi connectivity index (χ1) is 15.1. The van der Waals surface area contributed by atoms with Crippen LogP contribution in [0.25, 0.3) is 0 Å². The number of aromatic nitrogens is 1. The summed E-state index contributed by atoms with van der Waals surface area (Å²) in [5, 5.41) is 2.94. The van der Waals surface area contributed by atoms with Crippen LogP contribution in [0, 0.1) is 34.6 Å². The number of hydrogen-bond acceptors (Lipinski definition) is 5. The van der Waals surface area contributed by atoms with Gasteiger partial charge in [0.2, 0.25) is 5.91 Å². The van der Waals surface area contributed by atoms with Gasteiger partial charge in [0, 0.05) is 17.9 Å². The lowest BCUT2D eigenvalue weighted by Crippen LogP contribution is -2.40. The summed E-state index contributed by atoms with van der Waals surface area (Å²) in [7, 11) is 0. The Kier molecular flexibility index (Phi) is 7.44. The molecule has 1 aliphatic heterocycles. The molecule has 6 nitrogen and oxygen atoms in total. The first kappa shape index (κ1) is 24.1. The fourth-order valence-corrected chi connectivity index (χ4v) is 4.40. The Balaban J connectivity index is 1.75. The van der Waals surface area contributed by atoms with Gasteiger partial charge in [-0.15, -0.1) is 0 Å². The van der Waals surface area contributed by atoms with Gasteiger partial charge in [-0.2, -0.15) is 0 Å². The summed E-state index contributed by atoms with van der Waals surface area (Å²) in [5.74, 6) is 2.31. The lowest BCUT2D eigenvalue weighted by molar-refractivity contribution is -0.120. The fraction of sp³-hybridized carbons (Fsp3) is 0.538. The average Bonchev–Trinajstić information content (AvgIpc) is 2.70. The highest BCUT2D eigenvalue weighted by atomic mass is 16.5. The van der Waals surface area contributed by atoms with E-state index in [-0.39, 0.29) is 12.3 Å². The molecule has 0 radical (unpaired) electrons. The minimum atomic E-state index is -0.572. The van der Waals surface area contributed by atoms with E-state index >= 15 is 0 Å². The number of carbonyl (C=O) groups excluding carboxylic acids is 1. The summed E-state index contributed by atoms with van der Waals surface area (Å²) in [6.07, 6.45) is 1.87. The maximum absolute atomic E-state index is 12.8. The summed E-state index contributed by atoms with van der Waals surface area (Å²) in [6.45, 7) is 15.9. The highest BCUT2D eigenvalue weighted by Gasteiger charge is 2.36. The normalized spacial score (nSPS) is 17.5. The van der Waals surface area contributed by atoms with Gasteiger partial charge in [-0.1, -0.05) is 0 Å². The fourth-order valence-electron chi connectivity index (χ4n) is 4.40. The quantitative estimate of drug-likeness (QED) is 0.575. The third kappa shape index (κ3) is 5.41. The molecular weight excluding hydrogens is 404 g/mol. The maximum atomic E-state index is 12.8. The molecule has 1 aromatic heterocycles. The molecule has 32 heavy (non-hydrogen) atoms. The van der Waals surface area contributed by atoms with E-state index in [1.807, 2.05) is 39.8 Å². The molecular formula is C26H36N2O4. The zero-order valence-corrected chi connectivity index (χ0v) is 20.5.